The third-order valence-corrected chi connectivity index (χ3v) is 2.97. The van der Waals surface area contributed by atoms with E-state index in [1.807, 2.05) is 0 Å². The van der Waals surface area contributed by atoms with Crippen LogP contribution < -0.4 is 5.73 Å². The van der Waals surface area contributed by atoms with Crippen LogP contribution in [-0.2, 0) is 9.53 Å². The second-order valence-corrected chi connectivity index (χ2v) is 3.94. The Balaban J connectivity index is 2.45. The van der Waals surface area contributed by atoms with Crippen LogP contribution in [0.1, 0.15) is 32.1 Å². The molecule has 0 aromatic carbocycles. The number of aliphatic hydroxyl groups excluding tert-OH is 1. The maximum atomic E-state index is 11.1. The van der Waals surface area contributed by atoms with E-state index in [9.17, 15) is 9.90 Å². The van der Waals surface area contributed by atoms with Gasteiger partial charge in [-0.3, -0.25) is 4.79 Å². The van der Waals surface area contributed by atoms with E-state index >= 15 is 0 Å². The SMILES string of the molecule is COC(=O)[C@H](N)[C@H](O)C1CCCCC1. The molecule has 0 radical (unpaired) electrons. The van der Waals surface area contributed by atoms with Gasteiger partial charge in [-0.1, -0.05) is 19.3 Å². The molecule has 1 saturated carbocycles. The molecule has 82 valence electrons. The van der Waals surface area contributed by atoms with Gasteiger partial charge >= 0.3 is 5.97 Å². The average molecular weight is 201 g/mol. The Bertz CT molecular complexity index is 190. The summed E-state index contributed by atoms with van der Waals surface area (Å²) in [5.41, 5.74) is 5.58. The van der Waals surface area contributed by atoms with Crippen LogP contribution in [0.5, 0.6) is 0 Å². The van der Waals surface area contributed by atoms with Gasteiger partial charge in [0.2, 0.25) is 0 Å². The Hall–Kier alpha value is -0.610. The van der Waals surface area contributed by atoms with Crippen molar-refractivity contribution in [2.75, 3.05) is 7.11 Å². The number of carbonyl (C=O) groups excluding carboxylic acids is 1. The summed E-state index contributed by atoms with van der Waals surface area (Å²) >= 11 is 0. The van der Waals surface area contributed by atoms with Crippen molar-refractivity contribution in [1.29, 1.82) is 0 Å². The molecule has 0 aliphatic heterocycles. The van der Waals surface area contributed by atoms with E-state index in [1.54, 1.807) is 0 Å². The Morgan fingerprint density at radius 1 is 1.43 bits per heavy atom. The molecule has 0 heterocycles. The lowest BCUT2D eigenvalue weighted by Gasteiger charge is -2.28. The van der Waals surface area contributed by atoms with Crippen LogP contribution in [0.3, 0.4) is 0 Å². The summed E-state index contributed by atoms with van der Waals surface area (Å²) in [6, 6.07) is -0.886. The molecule has 0 aromatic heterocycles. The molecule has 1 fully saturated rings. The lowest BCUT2D eigenvalue weighted by atomic mass is 9.83. The zero-order chi connectivity index (χ0) is 10.6. The molecule has 0 unspecified atom stereocenters. The van der Waals surface area contributed by atoms with E-state index < -0.39 is 18.1 Å². The molecule has 1 rings (SSSR count). The minimum absolute atomic E-state index is 0.165. The zero-order valence-electron chi connectivity index (χ0n) is 8.61. The minimum Gasteiger partial charge on any atom is -0.468 e. The molecule has 0 saturated heterocycles. The van der Waals surface area contributed by atoms with Gasteiger partial charge in [-0.15, -0.1) is 0 Å². The van der Waals surface area contributed by atoms with Gasteiger partial charge < -0.3 is 15.6 Å². The lowest BCUT2D eigenvalue weighted by Crippen LogP contribution is -2.46. The van der Waals surface area contributed by atoms with Gasteiger partial charge in [0.25, 0.3) is 0 Å². The van der Waals surface area contributed by atoms with Crippen molar-refractivity contribution < 1.29 is 14.6 Å². The van der Waals surface area contributed by atoms with Gasteiger partial charge in [0.05, 0.1) is 13.2 Å². The minimum atomic E-state index is -0.886. The molecule has 2 atom stereocenters. The number of aliphatic hydroxyl groups is 1. The molecular weight excluding hydrogens is 182 g/mol. The predicted octanol–water partition coefficient (Wildman–Crippen LogP) is 0.428. The third-order valence-electron chi connectivity index (χ3n) is 2.97. The maximum absolute atomic E-state index is 11.1. The smallest absolute Gasteiger partial charge is 0.325 e. The fourth-order valence-corrected chi connectivity index (χ4v) is 2.04. The number of ether oxygens (including phenoxy) is 1. The molecule has 1 aliphatic rings. The van der Waals surface area contributed by atoms with Gasteiger partial charge in [0, 0.05) is 0 Å². The van der Waals surface area contributed by atoms with Gasteiger partial charge in [-0.25, -0.2) is 0 Å². The number of hydrogen-bond acceptors (Lipinski definition) is 4. The van der Waals surface area contributed by atoms with Crippen LogP contribution in [0.25, 0.3) is 0 Å². The number of carbonyl (C=O) groups is 1. The molecule has 14 heavy (non-hydrogen) atoms. The van der Waals surface area contributed by atoms with Crippen LogP contribution in [0.4, 0.5) is 0 Å². The van der Waals surface area contributed by atoms with Crippen molar-refractivity contribution in [3.8, 4) is 0 Å². The van der Waals surface area contributed by atoms with Crippen molar-refractivity contribution in [3.05, 3.63) is 0 Å². The fourth-order valence-electron chi connectivity index (χ4n) is 2.04. The van der Waals surface area contributed by atoms with Crippen LogP contribution in [-0.4, -0.2) is 30.3 Å². The van der Waals surface area contributed by atoms with Crippen LogP contribution in [0, 0.1) is 5.92 Å². The number of esters is 1. The molecule has 0 bridgehead atoms. The number of methoxy groups -OCH3 is 1. The molecule has 1 aliphatic carbocycles. The van der Waals surface area contributed by atoms with E-state index in [2.05, 4.69) is 4.74 Å². The van der Waals surface area contributed by atoms with Crippen molar-refractivity contribution in [1.82, 2.24) is 0 Å². The molecule has 4 heteroatoms. The molecule has 4 nitrogen and oxygen atoms in total. The Morgan fingerprint density at radius 3 is 2.50 bits per heavy atom. The summed E-state index contributed by atoms with van der Waals surface area (Å²) in [4.78, 5) is 11.1. The Labute approximate surface area is 84.4 Å². The molecular formula is C10H19NO3. The second kappa shape index (κ2) is 5.32. The van der Waals surface area contributed by atoms with Gasteiger partial charge in [0.1, 0.15) is 6.04 Å². The Kier molecular flexibility index (Phi) is 4.35. The van der Waals surface area contributed by atoms with Crippen molar-refractivity contribution in [3.63, 3.8) is 0 Å². The zero-order valence-corrected chi connectivity index (χ0v) is 8.61. The first kappa shape index (κ1) is 11.5. The quantitative estimate of drug-likeness (QED) is 0.649. The number of rotatable bonds is 3. The highest BCUT2D eigenvalue weighted by Gasteiger charge is 2.31. The fraction of sp³-hybridized carbons (Fsp3) is 0.900. The lowest BCUT2D eigenvalue weighted by molar-refractivity contribution is -0.146. The highest BCUT2D eigenvalue weighted by atomic mass is 16.5. The monoisotopic (exact) mass is 201 g/mol. The second-order valence-electron chi connectivity index (χ2n) is 3.94. The van der Waals surface area contributed by atoms with E-state index in [4.69, 9.17) is 5.73 Å². The van der Waals surface area contributed by atoms with Crippen LogP contribution >= 0.6 is 0 Å². The molecule has 0 spiro atoms. The number of nitrogens with two attached hydrogens (primary N) is 1. The predicted molar refractivity (Wildman–Crippen MR) is 52.6 cm³/mol. The van der Waals surface area contributed by atoms with Gasteiger partial charge in [0.15, 0.2) is 0 Å². The molecule has 3 N–H and O–H groups in total. The summed E-state index contributed by atoms with van der Waals surface area (Å²) in [6.45, 7) is 0. The van der Waals surface area contributed by atoms with E-state index in [1.165, 1.54) is 13.5 Å². The number of hydrogen-bond donors (Lipinski definition) is 2. The van der Waals surface area contributed by atoms with Crippen molar-refractivity contribution in [2.24, 2.45) is 11.7 Å². The van der Waals surface area contributed by atoms with Gasteiger partial charge in [-0.05, 0) is 18.8 Å². The summed E-state index contributed by atoms with van der Waals surface area (Å²) in [5.74, 6) is -0.360. The Morgan fingerprint density at radius 2 is 2.00 bits per heavy atom. The summed E-state index contributed by atoms with van der Waals surface area (Å²) in [6.07, 6.45) is 4.64. The van der Waals surface area contributed by atoms with E-state index in [-0.39, 0.29) is 5.92 Å². The van der Waals surface area contributed by atoms with Crippen LogP contribution in [0.15, 0.2) is 0 Å². The summed E-state index contributed by atoms with van der Waals surface area (Å²) < 4.78 is 4.50. The third kappa shape index (κ3) is 2.69. The first-order chi connectivity index (χ1) is 6.66. The first-order valence-electron chi connectivity index (χ1n) is 5.18. The summed E-state index contributed by atoms with van der Waals surface area (Å²) in [7, 11) is 1.29. The maximum Gasteiger partial charge on any atom is 0.325 e. The van der Waals surface area contributed by atoms with E-state index in [0.717, 1.165) is 25.7 Å². The highest BCUT2D eigenvalue weighted by Crippen LogP contribution is 2.27. The highest BCUT2D eigenvalue weighted by molar-refractivity contribution is 5.76. The van der Waals surface area contributed by atoms with Crippen molar-refractivity contribution in [2.45, 2.75) is 44.2 Å². The molecule has 0 amide bonds. The molecule has 0 aromatic rings. The van der Waals surface area contributed by atoms with Gasteiger partial charge in [-0.2, -0.15) is 0 Å². The standard InChI is InChI=1S/C10H19NO3/c1-14-10(13)8(11)9(12)7-5-3-2-4-6-7/h7-9,12H,2-6,11H2,1H3/t8-,9-/m1/s1. The average Bonchev–Trinajstić information content (AvgIpc) is 2.27. The first-order valence-corrected chi connectivity index (χ1v) is 5.18. The normalized spacial score (nSPS) is 22.8. The largest absolute Gasteiger partial charge is 0.468 e. The van der Waals surface area contributed by atoms with E-state index in [0.29, 0.717) is 0 Å². The topological polar surface area (TPSA) is 72.5 Å². The van der Waals surface area contributed by atoms with Crippen LogP contribution in [0.2, 0.25) is 0 Å². The summed E-state index contributed by atoms with van der Waals surface area (Å²) in [5, 5.41) is 9.82. The van der Waals surface area contributed by atoms with Crippen molar-refractivity contribution >= 4 is 5.97 Å².